The van der Waals surface area contributed by atoms with Crippen LogP contribution in [0.4, 0.5) is 0 Å². The molecule has 4 aromatic carbocycles. The molecule has 1 aliphatic heterocycles. The first-order chi connectivity index (χ1) is 12.8. The van der Waals surface area contributed by atoms with Gasteiger partial charge in [-0.25, -0.2) is 0 Å². The second-order valence-corrected chi connectivity index (χ2v) is 7.13. The van der Waals surface area contributed by atoms with Crippen LogP contribution in [0.2, 0.25) is 5.02 Å². The normalized spacial score (nSPS) is 16.7. The smallest absolute Gasteiger partial charge is 0.0745 e. The number of fused-ring (bicyclic) bond motifs is 2. The van der Waals surface area contributed by atoms with E-state index in [4.69, 9.17) is 16.7 Å². The number of halogens is 1. The molecule has 0 aliphatic carbocycles. The lowest BCUT2D eigenvalue weighted by Crippen LogP contribution is -2.09. The summed E-state index contributed by atoms with van der Waals surface area (Å²) >= 11 is 6.02. The number of benzene rings is 4. The molecule has 0 amide bonds. The van der Waals surface area contributed by atoms with Gasteiger partial charge in [0.15, 0.2) is 0 Å². The van der Waals surface area contributed by atoms with Gasteiger partial charge in [0, 0.05) is 17.0 Å². The molecule has 0 spiro atoms. The molecular formula is C23H17ClN2. The highest BCUT2D eigenvalue weighted by Gasteiger charge is 2.23. The number of rotatable bonds is 2. The SMILES string of the molecule is Clc1ccc([C@@H]2CC(c3c4ccccc4cc4ccccc34)=NN2)cc1. The van der Waals surface area contributed by atoms with Gasteiger partial charge in [-0.1, -0.05) is 72.3 Å². The summed E-state index contributed by atoms with van der Waals surface area (Å²) in [6.07, 6.45) is 0.861. The summed E-state index contributed by atoms with van der Waals surface area (Å²) in [4.78, 5) is 0. The number of nitrogens with zero attached hydrogens (tertiary/aromatic N) is 1. The van der Waals surface area contributed by atoms with Crippen LogP contribution < -0.4 is 5.43 Å². The van der Waals surface area contributed by atoms with Crippen LogP contribution in [0, 0.1) is 0 Å². The van der Waals surface area contributed by atoms with Crippen LogP contribution in [0.25, 0.3) is 21.5 Å². The minimum Gasteiger partial charge on any atom is -0.302 e. The second-order valence-electron chi connectivity index (χ2n) is 6.69. The third-order valence-electron chi connectivity index (χ3n) is 5.09. The molecule has 2 nitrogen and oxygen atoms in total. The Morgan fingerprint density at radius 1 is 0.808 bits per heavy atom. The van der Waals surface area contributed by atoms with Gasteiger partial charge in [0.25, 0.3) is 0 Å². The van der Waals surface area contributed by atoms with E-state index >= 15 is 0 Å². The molecule has 0 unspecified atom stereocenters. The maximum atomic E-state index is 6.02. The third kappa shape index (κ3) is 2.54. The van der Waals surface area contributed by atoms with Gasteiger partial charge in [-0.05, 0) is 45.3 Å². The van der Waals surface area contributed by atoms with E-state index in [0.717, 1.165) is 17.2 Å². The van der Waals surface area contributed by atoms with Crippen LogP contribution in [0.15, 0.2) is 84.0 Å². The average Bonchev–Trinajstić information content (AvgIpc) is 3.16. The first kappa shape index (κ1) is 15.4. The average molecular weight is 357 g/mol. The minimum atomic E-state index is 0.181. The van der Waals surface area contributed by atoms with Crippen molar-refractivity contribution in [1.82, 2.24) is 5.43 Å². The van der Waals surface area contributed by atoms with Gasteiger partial charge in [-0.3, -0.25) is 0 Å². The predicted molar refractivity (Wildman–Crippen MR) is 110 cm³/mol. The van der Waals surface area contributed by atoms with Gasteiger partial charge in [0.1, 0.15) is 0 Å². The number of hydrogen-bond donors (Lipinski definition) is 1. The maximum absolute atomic E-state index is 6.02. The molecule has 0 saturated heterocycles. The van der Waals surface area contributed by atoms with Crippen molar-refractivity contribution in [2.24, 2.45) is 5.10 Å². The molecule has 0 fully saturated rings. The van der Waals surface area contributed by atoms with E-state index in [9.17, 15) is 0 Å². The predicted octanol–water partition coefficient (Wildman–Crippen LogP) is 6.09. The highest BCUT2D eigenvalue weighted by atomic mass is 35.5. The van der Waals surface area contributed by atoms with Crippen LogP contribution >= 0.6 is 11.6 Å². The number of nitrogens with one attached hydrogen (secondary N) is 1. The molecular weight excluding hydrogens is 340 g/mol. The molecule has 0 bridgehead atoms. The number of hydrazone groups is 1. The maximum Gasteiger partial charge on any atom is 0.0745 e. The van der Waals surface area contributed by atoms with E-state index < -0.39 is 0 Å². The van der Waals surface area contributed by atoms with Gasteiger partial charge >= 0.3 is 0 Å². The molecule has 26 heavy (non-hydrogen) atoms. The van der Waals surface area contributed by atoms with E-state index in [-0.39, 0.29) is 6.04 Å². The topological polar surface area (TPSA) is 24.4 Å². The fourth-order valence-corrected chi connectivity index (χ4v) is 3.94. The highest BCUT2D eigenvalue weighted by molar-refractivity contribution is 6.30. The minimum absolute atomic E-state index is 0.181. The van der Waals surface area contributed by atoms with Crippen molar-refractivity contribution >= 4 is 38.9 Å². The molecule has 0 aromatic heterocycles. The standard InChI is InChI=1S/C23H17ClN2/c24-18-11-9-15(10-12-18)21-14-22(26-25-21)23-19-7-3-1-5-16(19)13-17-6-2-4-8-20(17)23/h1-13,21,25H,14H2/t21-/m0/s1. The van der Waals surface area contributed by atoms with E-state index in [1.54, 1.807) is 0 Å². The Labute approximate surface area is 157 Å². The second kappa shape index (κ2) is 6.15. The molecule has 0 radical (unpaired) electrons. The Kier molecular flexibility index (Phi) is 3.65. The Balaban J connectivity index is 1.63. The van der Waals surface area contributed by atoms with Crippen molar-refractivity contribution in [3.05, 3.63) is 95.0 Å². The first-order valence-corrected chi connectivity index (χ1v) is 9.16. The molecule has 1 N–H and O–H groups in total. The van der Waals surface area contributed by atoms with Crippen molar-refractivity contribution in [3.8, 4) is 0 Å². The molecule has 126 valence electrons. The van der Waals surface area contributed by atoms with Crippen molar-refractivity contribution in [1.29, 1.82) is 0 Å². The van der Waals surface area contributed by atoms with Crippen molar-refractivity contribution in [2.75, 3.05) is 0 Å². The molecule has 5 rings (SSSR count). The summed E-state index contributed by atoms with van der Waals surface area (Å²) in [5.74, 6) is 0. The fourth-order valence-electron chi connectivity index (χ4n) is 3.81. The Morgan fingerprint density at radius 2 is 1.42 bits per heavy atom. The third-order valence-corrected chi connectivity index (χ3v) is 5.34. The zero-order valence-electron chi connectivity index (χ0n) is 14.1. The summed E-state index contributed by atoms with van der Waals surface area (Å²) < 4.78 is 0. The summed E-state index contributed by atoms with van der Waals surface area (Å²) in [6, 6.07) is 27.5. The largest absolute Gasteiger partial charge is 0.302 e. The first-order valence-electron chi connectivity index (χ1n) is 8.78. The Bertz CT molecular complexity index is 1090. The van der Waals surface area contributed by atoms with Crippen molar-refractivity contribution in [2.45, 2.75) is 12.5 Å². The molecule has 1 aliphatic rings. The summed E-state index contributed by atoms with van der Waals surface area (Å²) in [7, 11) is 0. The molecule has 3 heteroatoms. The van der Waals surface area contributed by atoms with Gasteiger partial charge in [0.2, 0.25) is 0 Å². The van der Waals surface area contributed by atoms with E-state index in [1.165, 1.54) is 32.7 Å². The zero-order chi connectivity index (χ0) is 17.5. The zero-order valence-corrected chi connectivity index (χ0v) is 14.9. The highest BCUT2D eigenvalue weighted by Crippen LogP contribution is 2.33. The fraction of sp³-hybridized carbons (Fsp3) is 0.0870. The van der Waals surface area contributed by atoms with Gasteiger partial charge in [-0.15, -0.1) is 0 Å². The van der Waals surface area contributed by atoms with E-state index in [0.29, 0.717) is 0 Å². The van der Waals surface area contributed by atoms with Crippen LogP contribution in [-0.4, -0.2) is 5.71 Å². The summed E-state index contributed by atoms with van der Waals surface area (Å²) in [6.45, 7) is 0. The van der Waals surface area contributed by atoms with Crippen molar-refractivity contribution < 1.29 is 0 Å². The van der Waals surface area contributed by atoms with Crippen molar-refractivity contribution in [3.63, 3.8) is 0 Å². The summed E-state index contributed by atoms with van der Waals surface area (Å²) in [5.41, 5.74) is 6.87. The van der Waals surface area contributed by atoms with Crippen LogP contribution in [-0.2, 0) is 0 Å². The van der Waals surface area contributed by atoms with Gasteiger partial charge < -0.3 is 5.43 Å². The van der Waals surface area contributed by atoms with Gasteiger partial charge in [0.05, 0.1) is 11.8 Å². The molecule has 0 saturated carbocycles. The lowest BCUT2D eigenvalue weighted by molar-refractivity contribution is 0.620. The monoisotopic (exact) mass is 356 g/mol. The quantitative estimate of drug-likeness (QED) is 0.432. The van der Waals surface area contributed by atoms with Gasteiger partial charge in [-0.2, -0.15) is 5.10 Å². The van der Waals surface area contributed by atoms with Crippen LogP contribution in [0.5, 0.6) is 0 Å². The van der Waals surface area contributed by atoms with Crippen LogP contribution in [0.1, 0.15) is 23.6 Å². The van der Waals surface area contributed by atoms with E-state index in [1.807, 2.05) is 12.1 Å². The Hall–Kier alpha value is -2.84. The molecule has 1 heterocycles. The molecule has 1 atom stereocenters. The molecule has 4 aromatic rings. The van der Waals surface area contributed by atoms with Crippen LogP contribution in [0.3, 0.4) is 0 Å². The summed E-state index contributed by atoms with van der Waals surface area (Å²) in [5, 5.41) is 10.5. The lowest BCUT2D eigenvalue weighted by atomic mass is 9.91. The van der Waals surface area contributed by atoms with E-state index in [2.05, 4.69) is 72.2 Å². The number of hydrogen-bond acceptors (Lipinski definition) is 2. The Morgan fingerprint density at radius 3 is 2.08 bits per heavy atom. The lowest BCUT2D eigenvalue weighted by Gasteiger charge is -2.13.